The Morgan fingerprint density at radius 1 is 1.08 bits per heavy atom. The van der Waals surface area contributed by atoms with E-state index in [1.807, 2.05) is 0 Å². The van der Waals surface area contributed by atoms with Gasteiger partial charge in [-0.15, -0.1) is 0 Å². The molecule has 5 atom stereocenters. The molecule has 0 saturated heterocycles. The van der Waals surface area contributed by atoms with Crippen LogP contribution < -0.4 is 0 Å². The van der Waals surface area contributed by atoms with Gasteiger partial charge < -0.3 is 35.0 Å². The molecule has 0 rings (SSSR count). The molecule has 0 fully saturated rings. The number of ether oxygens (including phenoxy) is 2. The van der Waals surface area contributed by atoms with Gasteiger partial charge in [0.2, 0.25) is 0 Å². The molecule has 0 aliphatic carbocycles. The molecule has 0 radical (unpaired) electrons. The zero-order valence-corrected chi connectivity index (χ0v) is 12.8. The van der Waals surface area contributed by atoms with Crippen LogP contribution in [0.1, 0.15) is 19.8 Å². The van der Waals surface area contributed by atoms with Crippen LogP contribution in [0.5, 0.6) is 0 Å². The highest BCUT2D eigenvalue weighted by molar-refractivity contribution is 5.78. The molecule has 0 aromatic heterocycles. The largest absolute Gasteiger partial charge is 0.481 e. The second-order valence-corrected chi connectivity index (χ2v) is 4.80. The number of carbonyl (C=O) groups is 4. The number of esters is 2. The van der Waals surface area contributed by atoms with Crippen molar-refractivity contribution in [3.05, 3.63) is 0 Å². The normalized spacial score (nSPS) is 17.0. The van der Waals surface area contributed by atoms with Crippen LogP contribution in [-0.4, -0.2) is 86.9 Å². The SMILES string of the molecule is CC(O)C(=O)O[C@@H]([C@H](O)[C@H](O)CO)[C@H](C=O)OC(=O)CCC(=O)O. The van der Waals surface area contributed by atoms with Gasteiger partial charge in [0.05, 0.1) is 19.4 Å². The molecule has 0 spiro atoms. The summed E-state index contributed by atoms with van der Waals surface area (Å²) in [5.41, 5.74) is 0. The van der Waals surface area contributed by atoms with E-state index in [9.17, 15) is 29.4 Å². The maximum absolute atomic E-state index is 11.5. The highest BCUT2D eigenvalue weighted by atomic mass is 16.6. The predicted octanol–water partition coefficient (Wildman–Crippen LogP) is -3.03. The molecule has 0 heterocycles. The Hall–Kier alpha value is -2.08. The smallest absolute Gasteiger partial charge is 0.335 e. The van der Waals surface area contributed by atoms with Gasteiger partial charge in [-0.3, -0.25) is 14.4 Å². The number of hydrogen-bond donors (Lipinski definition) is 5. The third-order valence-electron chi connectivity index (χ3n) is 2.78. The molecular formula is C13H20O11. The van der Waals surface area contributed by atoms with Crippen molar-refractivity contribution in [2.45, 2.75) is 50.3 Å². The first-order valence-corrected chi connectivity index (χ1v) is 6.86. The van der Waals surface area contributed by atoms with E-state index in [2.05, 4.69) is 9.47 Å². The van der Waals surface area contributed by atoms with Crippen LogP contribution in [0.4, 0.5) is 0 Å². The summed E-state index contributed by atoms with van der Waals surface area (Å²) in [6, 6.07) is 0. The molecule has 0 aromatic rings. The minimum absolute atomic E-state index is 0.00797. The fraction of sp³-hybridized carbons (Fsp3) is 0.692. The second-order valence-electron chi connectivity index (χ2n) is 4.80. The van der Waals surface area contributed by atoms with E-state index in [1.165, 1.54) is 0 Å². The molecule has 138 valence electrons. The Balaban J connectivity index is 5.17. The van der Waals surface area contributed by atoms with Crippen molar-refractivity contribution in [2.24, 2.45) is 0 Å². The average molecular weight is 352 g/mol. The van der Waals surface area contributed by atoms with Crippen LogP contribution in [0.15, 0.2) is 0 Å². The number of hydrogen-bond acceptors (Lipinski definition) is 10. The van der Waals surface area contributed by atoms with Crippen molar-refractivity contribution in [2.75, 3.05) is 6.61 Å². The quantitative estimate of drug-likeness (QED) is 0.188. The van der Waals surface area contributed by atoms with E-state index in [0.717, 1.165) is 6.92 Å². The summed E-state index contributed by atoms with van der Waals surface area (Å²) < 4.78 is 9.27. The summed E-state index contributed by atoms with van der Waals surface area (Å²) in [6.07, 6.45) is -10.5. The Morgan fingerprint density at radius 2 is 1.67 bits per heavy atom. The fourth-order valence-electron chi connectivity index (χ4n) is 1.48. The summed E-state index contributed by atoms with van der Waals surface area (Å²) in [5, 5.41) is 45.6. The van der Waals surface area contributed by atoms with E-state index in [0.29, 0.717) is 0 Å². The third-order valence-corrected chi connectivity index (χ3v) is 2.78. The van der Waals surface area contributed by atoms with Gasteiger partial charge in [-0.2, -0.15) is 0 Å². The first kappa shape index (κ1) is 21.9. The topological polar surface area (TPSA) is 188 Å². The van der Waals surface area contributed by atoms with Crippen LogP contribution in [0.25, 0.3) is 0 Å². The van der Waals surface area contributed by atoms with E-state index in [4.69, 9.17) is 15.3 Å². The number of carboxylic acid groups (broad SMARTS) is 1. The first-order valence-electron chi connectivity index (χ1n) is 6.86. The number of aliphatic hydroxyl groups excluding tert-OH is 4. The molecule has 0 amide bonds. The standard InChI is InChI=1S/C13H20O11/c1-6(16)13(22)24-12(11(21)7(17)4-14)8(5-15)23-10(20)3-2-9(18)19/h5-8,11-12,14,16-17,21H,2-4H2,1H3,(H,18,19)/t6?,7-,8+,11-,12-/m1/s1. The maximum Gasteiger partial charge on any atom is 0.335 e. The van der Waals surface area contributed by atoms with Crippen molar-refractivity contribution in [3.8, 4) is 0 Å². The number of rotatable bonds is 11. The first-order chi connectivity index (χ1) is 11.1. The van der Waals surface area contributed by atoms with Crippen molar-refractivity contribution < 1.29 is 54.2 Å². The Labute approximate surface area is 136 Å². The molecule has 0 aromatic carbocycles. The summed E-state index contributed by atoms with van der Waals surface area (Å²) in [7, 11) is 0. The minimum Gasteiger partial charge on any atom is -0.481 e. The van der Waals surface area contributed by atoms with Crippen molar-refractivity contribution in [3.63, 3.8) is 0 Å². The van der Waals surface area contributed by atoms with Crippen LogP contribution in [-0.2, 0) is 28.7 Å². The zero-order valence-electron chi connectivity index (χ0n) is 12.8. The van der Waals surface area contributed by atoms with E-state index in [1.54, 1.807) is 0 Å². The third kappa shape index (κ3) is 7.46. The van der Waals surface area contributed by atoms with Crippen LogP contribution >= 0.6 is 0 Å². The minimum atomic E-state index is -2.01. The molecule has 0 aliphatic rings. The molecule has 0 aliphatic heterocycles. The summed E-state index contributed by atoms with van der Waals surface area (Å²) in [5.74, 6) is -3.70. The number of aliphatic carboxylic acids is 1. The summed E-state index contributed by atoms with van der Waals surface area (Å²) in [4.78, 5) is 44.4. The Kier molecular flexibility index (Phi) is 9.73. The Bertz CT molecular complexity index is 447. The lowest BCUT2D eigenvalue weighted by atomic mass is 10.0. The van der Waals surface area contributed by atoms with Crippen LogP contribution in [0.2, 0.25) is 0 Å². The van der Waals surface area contributed by atoms with E-state index in [-0.39, 0.29) is 6.29 Å². The van der Waals surface area contributed by atoms with Gasteiger partial charge in [-0.1, -0.05) is 0 Å². The lowest BCUT2D eigenvalue weighted by Gasteiger charge is -2.29. The van der Waals surface area contributed by atoms with Crippen molar-refractivity contribution in [1.29, 1.82) is 0 Å². The molecule has 11 heteroatoms. The summed E-state index contributed by atoms with van der Waals surface area (Å²) in [6.45, 7) is 0.0749. The maximum atomic E-state index is 11.5. The van der Waals surface area contributed by atoms with Crippen LogP contribution in [0, 0.1) is 0 Å². The molecule has 1 unspecified atom stereocenters. The van der Waals surface area contributed by atoms with Gasteiger partial charge in [-0.05, 0) is 6.92 Å². The number of carboxylic acids is 1. The highest BCUT2D eigenvalue weighted by Gasteiger charge is 2.38. The van der Waals surface area contributed by atoms with Gasteiger partial charge in [0.25, 0.3) is 0 Å². The van der Waals surface area contributed by atoms with Crippen molar-refractivity contribution >= 4 is 24.2 Å². The van der Waals surface area contributed by atoms with Crippen molar-refractivity contribution in [1.82, 2.24) is 0 Å². The molecule has 0 saturated carbocycles. The lowest BCUT2D eigenvalue weighted by molar-refractivity contribution is -0.189. The highest BCUT2D eigenvalue weighted by Crippen LogP contribution is 2.14. The van der Waals surface area contributed by atoms with E-state index < -0.39 is 67.9 Å². The Morgan fingerprint density at radius 3 is 2.08 bits per heavy atom. The average Bonchev–Trinajstić information content (AvgIpc) is 2.54. The second kappa shape index (κ2) is 10.6. The molecule has 5 N–H and O–H groups in total. The predicted molar refractivity (Wildman–Crippen MR) is 73.5 cm³/mol. The monoisotopic (exact) mass is 352 g/mol. The molecular weight excluding hydrogens is 332 g/mol. The molecule has 24 heavy (non-hydrogen) atoms. The summed E-state index contributed by atoms with van der Waals surface area (Å²) >= 11 is 0. The van der Waals surface area contributed by atoms with Gasteiger partial charge in [0.15, 0.2) is 18.5 Å². The zero-order chi connectivity index (χ0) is 18.9. The number of carbonyl (C=O) groups excluding carboxylic acids is 3. The van der Waals surface area contributed by atoms with Gasteiger partial charge >= 0.3 is 17.9 Å². The van der Waals surface area contributed by atoms with Gasteiger partial charge in [-0.25, -0.2) is 4.79 Å². The number of aldehydes is 1. The van der Waals surface area contributed by atoms with Gasteiger partial charge in [0, 0.05) is 0 Å². The molecule has 0 bridgehead atoms. The van der Waals surface area contributed by atoms with Gasteiger partial charge in [0.1, 0.15) is 18.3 Å². The fourth-order valence-corrected chi connectivity index (χ4v) is 1.48. The molecule has 11 nitrogen and oxygen atoms in total. The van der Waals surface area contributed by atoms with Crippen LogP contribution in [0.3, 0.4) is 0 Å². The number of aliphatic hydroxyl groups is 4. The van der Waals surface area contributed by atoms with E-state index >= 15 is 0 Å². The lowest BCUT2D eigenvalue weighted by Crippen LogP contribution is -2.51.